The first-order chi connectivity index (χ1) is 11.9. The van der Waals surface area contributed by atoms with Gasteiger partial charge in [0.25, 0.3) is 0 Å². The molecule has 2 heterocycles. The molecule has 7 heteroatoms. The average Bonchev–Trinajstić information content (AvgIpc) is 2.54. The van der Waals surface area contributed by atoms with Gasteiger partial charge in [-0.3, -0.25) is 10.1 Å². The first-order valence-electron chi connectivity index (χ1n) is 7.91. The molecule has 25 heavy (non-hydrogen) atoms. The molecule has 3 rings (SSSR count). The third-order valence-electron chi connectivity index (χ3n) is 3.40. The predicted molar refractivity (Wildman–Crippen MR) is 95.8 cm³/mol. The van der Waals surface area contributed by atoms with E-state index in [-0.39, 0.29) is 23.7 Å². The summed E-state index contributed by atoms with van der Waals surface area (Å²) in [4.78, 5) is 24.6. The second kappa shape index (κ2) is 6.80. The number of benzene rings is 1. The molecule has 0 saturated heterocycles. The molecule has 0 aliphatic carbocycles. The lowest BCUT2D eigenvalue weighted by Gasteiger charge is -2.13. The minimum absolute atomic E-state index is 0.125. The van der Waals surface area contributed by atoms with Crippen LogP contribution in [0.2, 0.25) is 0 Å². The SMILES string of the molecule is CC(=O)Nc1nc(NC(C)C)c2nc(-c3ccc(F)cc3)ccc2n1. The summed E-state index contributed by atoms with van der Waals surface area (Å²) in [6.07, 6.45) is 0. The highest BCUT2D eigenvalue weighted by atomic mass is 19.1. The molecular weight excluding hydrogens is 321 g/mol. The van der Waals surface area contributed by atoms with Crippen molar-refractivity contribution < 1.29 is 9.18 Å². The Bertz CT molecular complexity index is 925. The van der Waals surface area contributed by atoms with Crippen LogP contribution in [0.1, 0.15) is 20.8 Å². The highest BCUT2D eigenvalue weighted by Gasteiger charge is 2.12. The largest absolute Gasteiger partial charge is 0.366 e. The number of hydrogen-bond acceptors (Lipinski definition) is 5. The third kappa shape index (κ3) is 3.88. The fourth-order valence-corrected chi connectivity index (χ4v) is 2.38. The average molecular weight is 339 g/mol. The van der Waals surface area contributed by atoms with Crippen LogP contribution in [-0.2, 0) is 4.79 Å². The minimum Gasteiger partial charge on any atom is -0.366 e. The summed E-state index contributed by atoms with van der Waals surface area (Å²) >= 11 is 0. The smallest absolute Gasteiger partial charge is 0.232 e. The molecule has 6 nitrogen and oxygen atoms in total. The van der Waals surface area contributed by atoms with Crippen LogP contribution in [0.25, 0.3) is 22.3 Å². The Morgan fingerprint density at radius 3 is 2.40 bits per heavy atom. The van der Waals surface area contributed by atoms with Gasteiger partial charge in [0, 0.05) is 18.5 Å². The lowest BCUT2D eigenvalue weighted by molar-refractivity contribution is -0.114. The maximum atomic E-state index is 13.1. The van der Waals surface area contributed by atoms with Gasteiger partial charge in [-0.05, 0) is 50.2 Å². The molecule has 3 aromatic rings. The predicted octanol–water partition coefficient (Wildman–Crippen LogP) is 3.61. The van der Waals surface area contributed by atoms with E-state index in [0.717, 1.165) is 5.56 Å². The fourth-order valence-electron chi connectivity index (χ4n) is 2.38. The molecule has 2 N–H and O–H groups in total. The standard InChI is InChI=1S/C18H18FN5O/c1-10(2)20-17-16-15(23-18(24-17)21-11(3)25)9-8-14(22-16)12-4-6-13(19)7-5-12/h4-10H,1-3H3,(H2,20,21,23,24,25). The van der Waals surface area contributed by atoms with Crippen molar-refractivity contribution in [1.29, 1.82) is 0 Å². The van der Waals surface area contributed by atoms with E-state index in [1.54, 1.807) is 24.3 Å². The number of amides is 1. The van der Waals surface area contributed by atoms with E-state index in [9.17, 15) is 9.18 Å². The van der Waals surface area contributed by atoms with Gasteiger partial charge in [0.2, 0.25) is 11.9 Å². The van der Waals surface area contributed by atoms with Crippen molar-refractivity contribution in [3.8, 4) is 11.3 Å². The molecule has 0 bridgehead atoms. The van der Waals surface area contributed by atoms with E-state index in [2.05, 4.69) is 25.6 Å². The van der Waals surface area contributed by atoms with Crippen LogP contribution < -0.4 is 10.6 Å². The van der Waals surface area contributed by atoms with Gasteiger partial charge in [-0.15, -0.1) is 0 Å². The highest BCUT2D eigenvalue weighted by Crippen LogP contribution is 2.25. The van der Waals surface area contributed by atoms with Crippen LogP contribution >= 0.6 is 0 Å². The van der Waals surface area contributed by atoms with Gasteiger partial charge in [0.1, 0.15) is 11.3 Å². The molecule has 128 valence electrons. The summed E-state index contributed by atoms with van der Waals surface area (Å²) in [7, 11) is 0. The number of halogens is 1. The van der Waals surface area contributed by atoms with Crippen molar-refractivity contribution in [1.82, 2.24) is 15.0 Å². The molecule has 0 radical (unpaired) electrons. The first kappa shape index (κ1) is 16.8. The number of nitrogens with zero attached hydrogens (tertiary/aromatic N) is 3. The van der Waals surface area contributed by atoms with Crippen molar-refractivity contribution in [2.75, 3.05) is 10.6 Å². The van der Waals surface area contributed by atoms with Gasteiger partial charge in [0.05, 0.1) is 11.2 Å². The number of nitrogens with one attached hydrogen (secondary N) is 2. The van der Waals surface area contributed by atoms with Gasteiger partial charge in [-0.2, -0.15) is 4.98 Å². The second-order valence-corrected chi connectivity index (χ2v) is 5.95. The number of hydrogen-bond donors (Lipinski definition) is 2. The molecule has 0 saturated carbocycles. The van der Waals surface area contributed by atoms with E-state index in [1.165, 1.54) is 19.1 Å². The molecule has 0 aliphatic heterocycles. The van der Waals surface area contributed by atoms with Crippen molar-refractivity contribution in [2.45, 2.75) is 26.8 Å². The maximum absolute atomic E-state index is 13.1. The number of carbonyl (C=O) groups is 1. The molecule has 1 amide bonds. The molecular formula is C18H18FN5O. The zero-order valence-electron chi connectivity index (χ0n) is 14.2. The zero-order chi connectivity index (χ0) is 18.0. The van der Waals surface area contributed by atoms with Crippen molar-refractivity contribution >= 4 is 28.7 Å². The Morgan fingerprint density at radius 1 is 1.04 bits per heavy atom. The Hall–Kier alpha value is -3.09. The Balaban J connectivity index is 2.13. The molecule has 0 spiro atoms. The van der Waals surface area contributed by atoms with Gasteiger partial charge >= 0.3 is 0 Å². The number of aromatic nitrogens is 3. The summed E-state index contributed by atoms with van der Waals surface area (Å²) in [5, 5.41) is 5.82. The number of fused-ring (bicyclic) bond motifs is 1. The molecule has 0 aliphatic rings. The normalized spacial score (nSPS) is 10.9. The lowest BCUT2D eigenvalue weighted by Crippen LogP contribution is -2.15. The Morgan fingerprint density at radius 2 is 1.76 bits per heavy atom. The first-order valence-corrected chi connectivity index (χ1v) is 7.91. The number of pyridine rings is 1. The van der Waals surface area contributed by atoms with E-state index >= 15 is 0 Å². The van der Waals surface area contributed by atoms with Crippen LogP contribution in [0, 0.1) is 5.82 Å². The summed E-state index contributed by atoms with van der Waals surface area (Å²) in [6, 6.07) is 9.87. The zero-order valence-corrected chi connectivity index (χ0v) is 14.2. The van der Waals surface area contributed by atoms with Gasteiger partial charge in [-0.1, -0.05) is 0 Å². The van der Waals surface area contributed by atoms with Gasteiger partial charge in [-0.25, -0.2) is 14.4 Å². The molecule has 0 fully saturated rings. The summed E-state index contributed by atoms with van der Waals surface area (Å²) in [5.41, 5.74) is 2.68. The van der Waals surface area contributed by atoms with Crippen molar-refractivity contribution in [3.63, 3.8) is 0 Å². The lowest BCUT2D eigenvalue weighted by atomic mass is 10.1. The number of carbonyl (C=O) groups excluding carboxylic acids is 1. The van der Waals surface area contributed by atoms with Crippen LogP contribution in [0.15, 0.2) is 36.4 Å². The van der Waals surface area contributed by atoms with Crippen LogP contribution in [0.3, 0.4) is 0 Å². The number of rotatable bonds is 4. The van der Waals surface area contributed by atoms with E-state index in [4.69, 9.17) is 0 Å². The monoisotopic (exact) mass is 339 g/mol. The molecule has 2 aromatic heterocycles. The van der Waals surface area contributed by atoms with Crippen LogP contribution in [-0.4, -0.2) is 26.9 Å². The van der Waals surface area contributed by atoms with Crippen LogP contribution in [0.4, 0.5) is 16.2 Å². The van der Waals surface area contributed by atoms with Crippen LogP contribution in [0.5, 0.6) is 0 Å². The Labute approximate surface area is 144 Å². The summed E-state index contributed by atoms with van der Waals surface area (Å²) < 4.78 is 13.1. The molecule has 0 unspecified atom stereocenters. The van der Waals surface area contributed by atoms with Gasteiger partial charge in [0.15, 0.2) is 5.82 Å². The summed E-state index contributed by atoms with van der Waals surface area (Å²) in [6.45, 7) is 5.37. The Kier molecular flexibility index (Phi) is 4.56. The molecule has 0 atom stereocenters. The maximum Gasteiger partial charge on any atom is 0.232 e. The highest BCUT2D eigenvalue weighted by molar-refractivity contribution is 5.92. The molecule has 1 aromatic carbocycles. The number of anilines is 2. The van der Waals surface area contributed by atoms with E-state index in [0.29, 0.717) is 22.5 Å². The summed E-state index contributed by atoms with van der Waals surface area (Å²) in [5.74, 6) is 0.216. The van der Waals surface area contributed by atoms with Crippen molar-refractivity contribution in [2.24, 2.45) is 0 Å². The second-order valence-electron chi connectivity index (χ2n) is 5.95. The van der Waals surface area contributed by atoms with Crippen molar-refractivity contribution in [3.05, 3.63) is 42.2 Å². The fraction of sp³-hybridized carbons (Fsp3) is 0.222. The van der Waals surface area contributed by atoms with Gasteiger partial charge < -0.3 is 5.32 Å². The third-order valence-corrected chi connectivity index (χ3v) is 3.40. The quantitative estimate of drug-likeness (QED) is 0.759. The van der Waals surface area contributed by atoms with E-state index < -0.39 is 0 Å². The topological polar surface area (TPSA) is 79.8 Å². The van der Waals surface area contributed by atoms with E-state index in [1.807, 2.05) is 13.8 Å². The minimum atomic E-state index is -0.296.